The molecule has 0 aromatic rings. The van der Waals surface area contributed by atoms with Gasteiger partial charge in [-0.2, -0.15) is 0 Å². The van der Waals surface area contributed by atoms with Crippen molar-refractivity contribution in [3.05, 3.63) is 12.7 Å². The van der Waals surface area contributed by atoms with Crippen LogP contribution in [0.5, 0.6) is 0 Å². The molecule has 0 spiro atoms. The SMILES string of the molecule is C=CC(=O)OC1CC(C(=O)OC2CCC3CC2(C(=O)O)OC3=O)C1. The topological polar surface area (TPSA) is 116 Å². The van der Waals surface area contributed by atoms with E-state index in [0.29, 0.717) is 19.3 Å². The van der Waals surface area contributed by atoms with E-state index < -0.39 is 47.4 Å². The number of hydrogen-bond acceptors (Lipinski definition) is 7. The highest BCUT2D eigenvalue weighted by Gasteiger charge is 2.62. The minimum absolute atomic E-state index is 0.0311. The van der Waals surface area contributed by atoms with E-state index in [-0.39, 0.29) is 18.9 Å². The van der Waals surface area contributed by atoms with Gasteiger partial charge in [0.1, 0.15) is 6.10 Å². The molecule has 24 heavy (non-hydrogen) atoms. The zero-order chi connectivity index (χ0) is 17.5. The number of ether oxygens (including phenoxy) is 3. The Balaban J connectivity index is 1.59. The van der Waals surface area contributed by atoms with Gasteiger partial charge in [-0.05, 0) is 25.7 Å². The summed E-state index contributed by atoms with van der Waals surface area (Å²) in [5.41, 5.74) is -1.77. The van der Waals surface area contributed by atoms with Crippen LogP contribution >= 0.6 is 0 Å². The van der Waals surface area contributed by atoms with Crippen LogP contribution in [0.15, 0.2) is 12.7 Å². The van der Waals surface area contributed by atoms with Gasteiger partial charge in [0.05, 0.1) is 11.8 Å². The van der Waals surface area contributed by atoms with Crippen molar-refractivity contribution in [3.63, 3.8) is 0 Å². The number of carboxylic acids is 1. The molecule has 8 heteroatoms. The van der Waals surface area contributed by atoms with E-state index >= 15 is 0 Å². The zero-order valence-corrected chi connectivity index (χ0v) is 12.9. The first-order chi connectivity index (χ1) is 11.4. The van der Waals surface area contributed by atoms with Crippen molar-refractivity contribution in [3.8, 4) is 0 Å². The predicted molar refractivity (Wildman–Crippen MR) is 76.5 cm³/mol. The van der Waals surface area contributed by atoms with E-state index in [1.165, 1.54) is 0 Å². The third-order valence-corrected chi connectivity index (χ3v) is 4.96. The van der Waals surface area contributed by atoms with Crippen LogP contribution in [0, 0.1) is 11.8 Å². The van der Waals surface area contributed by atoms with Crippen molar-refractivity contribution in [1.29, 1.82) is 0 Å². The smallest absolute Gasteiger partial charge is 0.352 e. The second-order valence-corrected chi connectivity index (χ2v) is 6.45. The van der Waals surface area contributed by atoms with Gasteiger partial charge in [-0.25, -0.2) is 9.59 Å². The lowest BCUT2D eigenvalue weighted by Gasteiger charge is -2.37. The number of hydrogen-bond donors (Lipinski definition) is 1. The third-order valence-electron chi connectivity index (χ3n) is 4.96. The van der Waals surface area contributed by atoms with Gasteiger partial charge in [0.2, 0.25) is 5.60 Å². The largest absolute Gasteiger partial charge is 0.478 e. The summed E-state index contributed by atoms with van der Waals surface area (Å²) < 4.78 is 15.4. The monoisotopic (exact) mass is 338 g/mol. The molecule has 2 aliphatic carbocycles. The van der Waals surface area contributed by atoms with E-state index in [1.54, 1.807) is 0 Å². The number of carbonyl (C=O) groups excluding carboxylic acids is 3. The molecule has 1 aliphatic heterocycles. The predicted octanol–water partition coefficient (Wildman–Crippen LogP) is 0.586. The van der Waals surface area contributed by atoms with Crippen molar-refractivity contribution in [2.24, 2.45) is 11.8 Å². The fourth-order valence-corrected chi connectivity index (χ4v) is 3.48. The molecule has 3 unspecified atom stereocenters. The summed E-state index contributed by atoms with van der Waals surface area (Å²) in [5.74, 6) is -3.82. The van der Waals surface area contributed by atoms with E-state index in [9.17, 15) is 24.3 Å². The van der Waals surface area contributed by atoms with Gasteiger partial charge in [-0.1, -0.05) is 6.58 Å². The molecule has 130 valence electrons. The van der Waals surface area contributed by atoms with E-state index in [1.807, 2.05) is 0 Å². The molecule has 0 aromatic carbocycles. The van der Waals surface area contributed by atoms with Crippen LogP contribution in [-0.4, -0.2) is 46.8 Å². The highest BCUT2D eigenvalue weighted by molar-refractivity contribution is 5.89. The first-order valence-corrected chi connectivity index (χ1v) is 7.85. The fourth-order valence-electron chi connectivity index (χ4n) is 3.48. The number of carboxylic acid groups (broad SMARTS) is 1. The van der Waals surface area contributed by atoms with Gasteiger partial charge >= 0.3 is 23.9 Å². The Kier molecular flexibility index (Phi) is 4.06. The molecule has 3 aliphatic rings. The Hall–Kier alpha value is -2.38. The molecular formula is C16H18O8. The van der Waals surface area contributed by atoms with Crippen LogP contribution in [0.25, 0.3) is 0 Å². The van der Waals surface area contributed by atoms with Crippen LogP contribution in [0.2, 0.25) is 0 Å². The second kappa shape index (κ2) is 5.92. The van der Waals surface area contributed by atoms with Gasteiger partial charge < -0.3 is 19.3 Å². The minimum atomic E-state index is -1.77. The van der Waals surface area contributed by atoms with Crippen LogP contribution in [0.3, 0.4) is 0 Å². The number of rotatable bonds is 5. The number of aliphatic carboxylic acids is 1. The van der Waals surface area contributed by atoms with Crippen LogP contribution in [0.4, 0.5) is 0 Å². The normalized spacial score (nSPS) is 36.9. The quantitative estimate of drug-likeness (QED) is 0.440. The summed E-state index contributed by atoms with van der Waals surface area (Å²) in [6.45, 7) is 3.29. The molecule has 3 atom stereocenters. The van der Waals surface area contributed by atoms with Gasteiger partial charge in [0, 0.05) is 12.5 Å². The van der Waals surface area contributed by atoms with Gasteiger partial charge in [-0.3, -0.25) is 9.59 Å². The molecule has 0 amide bonds. The third kappa shape index (κ3) is 2.65. The van der Waals surface area contributed by atoms with Gasteiger partial charge in [0.25, 0.3) is 0 Å². The van der Waals surface area contributed by atoms with E-state index in [0.717, 1.165) is 6.08 Å². The lowest BCUT2D eigenvalue weighted by molar-refractivity contribution is -0.196. The standard InChI is InChI=1S/C16H18O8/c1-2-12(17)22-10-5-9(6-10)13(18)23-11-4-3-8-7-16(11,15(20)21)24-14(8)19/h2,8-11H,1,3-7H2,(H,20,21). The zero-order valence-electron chi connectivity index (χ0n) is 12.9. The summed E-state index contributed by atoms with van der Waals surface area (Å²) in [6, 6.07) is 0. The molecule has 2 bridgehead atoms. The molecule has 0 aromatic heterocycles. The summed E-state index contributed by atoms with van der Waals surface area (Å²) in [5, 5.41) is 9.46. The highest BCUT2D eigenvalue weighted by Crippen LogP contribution is 2.45. The molecule has 3 rings (SSSR count). The van der Waals surface area contributed by atoms with Crippen molar-refractivity contribution < 1.29 is 38.5 Å². The van der Waals surface area contributed by atoms with Gasteiger partial charge in [0.15, 0.2) is 6.10 Å². The average Bonchev–Trinajstić information content (AvgIpc) is 2.78. The maximum atomic E-state index is 12.2. The van der Waals surface area contributed by atoms with Crippen molar-refractivity contribution >= 4 is 23.9 Å². The lowest BCUT2D eigenvalue weighted by atomic mass is 9.78. The maximum Gasteiger partial charge on any atom is 0.352 e. The van der Waals surface area contributed by atoms with Crippen LogP contribution < -0.4 is 0 Å². The van der Waals surface area contributed by atoms with E-state index in [2.05, 4.69) is 6.58 Å². The molecule has 1 saturated heterocycles. The molecule has 1 N–H and O–H groups in total. The molecule has 0 radical (unpaired) electrons. The molecule has 8 nitrogen and oxygen atoms in total. The second-order valence-electron chi connectivity index (χ2n) is 6.45. The Labute approximate surface area is 137 Å². The number of fused-ring (bicyclic) bond motifs is 2. The first kappa shape index (κ1) is 16.5. The van der Waals surface area contributed by atoms with Crippen molar-refractivity contribution in [2.75, 3.05) is 0 Å². The molecule has 1 heterocycles. The van der Waals surface area contributed by atoms with Gasteiger partial charge in [-0.15, -0.1) is 0 Å². The molecule has 3 fully saturated rings. The Morgan fingerprint density at radius 1 is 1.25 bits per heavy atom. The Bertz CT molecular complexity index is 605. The number of esters is 3. The van der Waals surface area contributed by atoms with Crippen molar-refractivity contribution in [1.82, 2.24) is 0 Å². The van der Waals surface area contributed by atoms with Crippen molar-refractivity contribution in [2.45, 2.75) is 49.9 Å². The summed E-state index contributed by atoms with van der Waals surface area (Å²) in [4.78, 5) is 46.6. The minimum Gasteiger partial charge on any atom is -0.478 e. The first-order valence-electron chi connectivity index (χ1n) is 7.85. The molecular weight excluding hydrogens is 320 g/mol. The highest BCUT2D eigenvalue weighted by atomic mass is 16.6. The lowest BCUT2D eigenvalue weighted by Crippen LogP contribution is -2.53. The Morgan fingerprint density at radius 2 is 1.96 bits per heavy atom. The molecule has 2 saturated carbocycles. The maximum absolute atomic E-state index is 12.2. The summed E-state index contributed by atoms with van der Waals surface area (Å²) in [6.07, 6.45) is 1.10. The number of carbonyl (C=O) groups is 4. The Morgan fingerprint density at radius 3 is 2.58 bits per heavy atom. The van der Waals surface area contributed by atoms with E-state index in [4.69, 9.17) is 14.2 Å². The average molecular weight is 338 g/mol. The summed E-state index contributed by atoms with van der Waals surface area (Å²) in [7, 11) is 0. The fraction of sp³-hybridized carbons (Fsp3) is 0.625. The summed E-state index contributed by atoms with van der Waals surface area (Å²) >= 11 is 0. The van der Waals surface area contributed by atoms with Crippen LogP contribution in [0.1, 0.15) is 32.1 Å². The van der Waals surface area contributed by atoms with Crippen LogP contribution in [-0.2, 0) is 33.4 Å².